The number of benzene rings is 2. The molecular weight excluding hydrogens is 394 g/mol. The molecule has 0 bridgehead atoms. The highest BCUT2D eigenvalue weighted by molar-refractivity contribution is 9.10. The third-order valence-electron chi connectivity index (χ3n) is 3.00. The van der Waals surface area contributed by atoms with Crippen molar-refractivity contribution in [2.24, 2.45) is 0 Å². The maximum Gasteiger partial charge on any atom is 0.137 e. The van der Waals surface area contributed by atoms with Crippen molar-refractivity contribution in [1.82, 2.24) is 0 Å². The fourth-order valence-corrected chi connectivity index (χ4v) is 3.32. The zero-order chi connectivity index (χ0) is 13.8. The van der Waals surface area contributed by atoms with E-state index < -0.39 is 0 Å². The van der Waals surface area contributed by atoms with Gasteiger partial charge in [-0.2, -0.15) is 0 Å². The molecule has 0 aliphatic rings. The Morgan fingerprint density at radius 3 is 2.42 bits per heavy atom. The number of halogens is 4. The fraction of sp³-hybridized carbons (Fsp3) is 0.200. The molecule has 0 saturated carbocycles. The van der Waals surface area contributed by atoms with E-state index >= 15 is 0 Å². The van der Waals surface area contributed by atoms with Crippen LogP contribution in [-0.4, -0.2) is 5.88 Å². The molecule has 0 aliphatic carbocycles. The Kier molecular flexibility index (Phi) is 5.43. The molecule has 0 saturated heterocycles. The molecule has 0 fully saturated rings. The molecule has 0 radical (unpaired) electrons. The van der Waals surface area contributed by atoms with Crippen molar-refractivity contribution >= 4 is 43.5 Å². The van der Waals surface area contributed by atoms with Crippen LogP contribution in [-0.2, 0) is 6.42 Å². The average Bonchev–Trinajstić information content (AvgIpc) is 2.41. The van der Waals surface area contributed by atoms with E-state index in [1.165, 1.54) is 11.6 Å². The molecule has 4 heteroatoms. The molecule has 2 aromatic rings. The standard InChI is InChI=1S/C15H12Br2ClF/c16-13-4-2-1-3-12(13)11(9-18)7-10-5-6-15(19)14(17)8-10/h1-6,8,11H,7,9H2. The Labute approximate surface area is 134 Å². The second kappa shape index (κ2) is 6.87. The summed E-state index contributed by atoms with van der Waals surface area (Å²) in [6.45, 7) is 0. The zero-order valence-electron chi connectivity index (χ0n) is 10.0. The summed E-state index contributed by atoms with van der Waals surface area (Å²) < 4.78 is 14.8. The Hall–Kier alpha value is -0.380. The van der Waals surface area contributed by atoms with Crippen LogP contribution < -0.4 is 0 Å². The van der Waals surface area contributed by atoms with Crippen LogP contribution in [0.5, 0.6) is 0 Å². The SMILES string of the molecule is Fc1ccc(CC(CCl)c2ccccc2Br)cc1Br. The van der Waals surface area contributed by atoms with Crippen LogP contribution in [0.25, 0.3) is 0 Å². The minimum Gasteiger partial charge on any atom is -0.206 e. The second-order valence-electron chi connectivity index (χ2n) is 4.33. The predicted octanol–water partition coefficient (Wildman–Crippen LogP) is 5.92. The lowest BCUT2D eigenvalue weighted by Crippen LogP contribution is -2.05. The molecular formula is C15H12Br2ClF. The highest BCUT2D eigenvalue weighted by Crippen LogP contribution is 2.29. The number of hydrogen-bond acceptors (Lipinski definition) is 0. The Balaban J connectivity index is 2.24. The van der Waals surface area contributed by atoms with Crippen molar-refractivity contribution in [3.05, 3.63) is 68.4 Å². The summed E-state index contributed by atoms with van der Waals surface area (Å²) in [7, 11) is 0. The van der Waals surface area contributed by atoms with Crippen LogP contribution in [0.1, 0.15) is 17.0 Å². The van der Waals surface area contributed by atoms with Crippen molar-refractivity contribution in [3.8, 4) is 0 Å². The number of rotatable bonds is 4. The van der Waals surface area contributed by atoms with E-state index in [4.69, 9.17) is 11.6 Å². The topological polar surface area (TPSA) is 0 Å². The molecule has 2 aromatic carbocycles. The average molecular weight is 407 g/mol. The number of hydrogen-bond donors (Lipinski definition) is 0. The van der Waals surface area contributed by atoms with Gasteiger partial charge >= 0.3 is 0 Å². The summed E-state index contributed by atoms with van der Waals surface area (Å²) in [4.78, 5) is 0. The molecule has 0 nitrogen and oxygen atoms in total. The van der Waals surface area contributed by atoms with Crippen LogP contribution in [0, 0.1) is 5.82 Å². The molecule has 0 heterocycles. The van der Waals surface area contributed by atoms with Crippen molar-refractivity contribution in [1.29, 1.82) is 0 Å². The first-order valence-corrected chi connectivity index (χ1v) is 7.98. The Bertz CT molecular complexity index is 572. The minimum absolute atomic E-state index is 0.203. The molecule has 0 N–H and O–H groups in total. The highest BCUT2D eigenvalue weighted by Gasteiger charge is 2.14. The van der Waals surface area contributed by atoms with Gasteiger partial charge in [0.1, 0.15) is 5.82 Å². The highest BCUT2D eigenvalue weighted by atomic mass is 79.9. The van der Waals surface area contributed by atoms with E-state index in [0.29, 0.717) is 10.4 Å². The van der Waals surface area contributed by atoms with E-state index in [1.54, 1.807) is 6.07 Å². The summed E-state index contributed by atoms with van der Waals surface area (Å²) in [5.41, 5.74) is 2.24. The molecule has 0 amide bonds. The lowest BCUT2D eigenvalue weighted by molar-refractivity contribution is 0.619. The summed E-state index contributed by atoms with van der Waals surface area (Å²) in [5, 5.41) is 0. The summed E-state index contributed by atoms with van der Waals surface area (Å²) in [5.74, 6) is 0.485. The van der Waals surface area contributed by atoms with Crippen LogP contribution in [0.15, 0.2) is 51.4 Å². The Morgan fingerprint density at radius 1 is 1.05 bits per heavy atom. The van der Waals surface area contributed by atoms with E-state index in [1.807, 2.05) is 24.3 Å². The minimum atomic E-state index is -0.243. The smallest absolute Gasteiger partial charge is 0.137 e. The predicted molar refractivity (Wildman–Crippen MR) is 85.4 cm³/mol. The van der Waals surface area contributed by atoms with Crippen molar-refractivity contribution in [3.63, 3.8) is 0 Å². The maximum absolute atomic E-state index is 13.2. The first-order chi connectivity index (χ1) is 9.11. The monoisotopic (exact) mass is 404 g/mol. The van der Waals surface area contributed by atoms with Gasteiger partial charge in [-0.15, -0.1) is 11.6 Å². The molecule has 19 heavy (non-hydrogen) atoms. The van der Waals surface area contributed by atoms with Gasteiger partial charge in [0.25, 0.3) is 0 Å². The molecule has 0 spiro atoms. The normalized spacial score (nSPS) is 12.4. The van der Waals surface area contributed by atoms with Gasteiger partial charge in [0.15, 0.2) is 0 Å². The van der Waals surface area contributed by atoms with Gasteiger partial charge in [-0.1, -0.05) is 40.2 Å². The van der Waals surface area contributed by atoms with E-state index in [2.05, 4.69) is 37.9 Å². The number of alkyl halides is 1. The lowest BCUT2D eigenvalue weighted by atomic mass is 9.93. The molecule has 100 valence electrons. The van der Waals surface area contributed by atoms with Gasteiger partial charge in [0, 0.05) is 16.3 Å². The van der Waals surface area contributed by atoms with Gasteiger partial charge in [0.2, 0.25) is 0 Å². The molecule has 1 atom stereocenters. The zero-order valence-corrected chi connectivity index (χ0v) is 14.0. The van der Waals surface area contributed by atoms with Gasteiger partial charge in [-0.3, -0.25) is 0 Å². The van der Waals surface area contributed by atoms with Gasteiger partial charge in [-0.05, 0) is 51.7 Å². The third-order valence-corrected chi connectivity index (χ3v) is 4.70. The first kappa shape index (κ1) is 15.0. The van der Waals surface area contributed by atoms with Crippen LogP contribution in [0.4, 0.5) is 4.39 Å². The first-order valence-electron chi connectivity index (χ1n) is 5.86. The molecule has 0 aromatic heterocycles. The largest absolute Gasteiger partial charge is 0.206 e. The van der Waals surface area contributed by atoms with Gasteiger partial charge in [0.05, 0.1) is 4.47 Å². The second-order valence-corrected chi connectivity index (χ2v) is 6.34. The summed E-state index contributed by atoms with van der Waals surface area (Å²) in [6.07, 6.45) is 0.783. The van der Waals surface area contributed by atoms with Crippen molar-refractivity contribution in [2.45, 2.75) is 12.3 Å². The van der Waals surface area contributed by atoms with Crippen molar-refractivity contribution < 1.29 is 4.39 Å². The maximum atomic E-state index is 13.2. The van der Waals surface area contributed by atoms with Gasteiger partial charge in [-0.25, -0.2) is 4.39 Å². The van der Waals surface area contributed by atoms with Crippen LogP contribution in [0.2, 0.25) is 0 Å². The van der Waals surface area contributed by atoms with Crippen molar-refractivity contribution in [2.75, 3.05) is 5.88 Å². The quantitative estimate of drug-likeness (QED) is 0.553. The van der Waals surface area contributed by atoms with Crippen LogP contribution >= 0.6 is 43.5 Å². The van der Waals surface area contributed by atoms with E-state index in [9.17, 15) is 4.39 Å². The van der Waals surface area contributed by atoms with Gasteiger partial charge < -0.3 is 0 Å². The summed E-state index contributed by atoms with van der Waals surface area (Å²) in [6, 6.07) is 13.1. The lowest BCUT2D eigenvalue weighted by Gasteiger charge is -2.16. The molecule has 2 rings (SSSR count). The molecule has 1 unspecified atom stereocenters. The molecule has 0 aliphatic heterocycles. The van der Waals surface area contributed by atoms with E-state index in [-0.39, 0.29) is 11.7 Å². The van der Waals surface area contributed by atoms with E-state index in [0.717, 1.165) is 16.5 Å². The Morgan fingerprint density at radius 2 is 1.79 bits per heavy atom. The third kappa shape index (κ3) is 3.80. The fourth-order valence-electron chi connectivity index (χ4n) is 2.00. The van der Waals surface area contributed by atoms with Crippen LogP contribution in [0.3, 0.4) is 0 Å². The summed E-state index contributed by atoms with van der Waals surface area (Å²) >= 11 is 12.8.